The second-order valence-corrected chi connectivity index (χ2v) is 7.55. The summed E-state index contributed by atoms with van der Waals surface area (Å²) in [6.45, 7) is 7.09. The number of Topliss-reactive ketones (excluding diaryl/α,β-unsaturated/α-hetero) is 1. The highest BCUT2D eigenvalue weighted by molar-refractivity contribution is 6.68. The summed E-state index contributed by atoms with van der Waals surface area (Å²) in [4.78, 5) is 11.9. The number of hydrogen-bond acceptors (Lipinski definition) is 3. The van der Waals surface area contributed by atoms with E-state index in [1.165, 1.54) is 0 Å². The third kappa shape index (κ3) is 2.08. The fourth-order valence-electron chi connectivity index (χ4n) is 1.55. The molecule has 0 radical (unpaired) electrons. The van der Waals surface area contributed by atoms with Crippen LogP contribution in [0.2, 0.25) is 0 Å². The van der Waals surface area contributed by atoms with E-state index in [9.17, 15) is 9.90 Å². The molecule has 0 spiro atoms. The van der Waals surface area contributed by atoms with Gasteiger partial charge in [-0.05, 0) is 12.3 Å². The highest BCUT2D eigenvalue weighted by atomic mass is 35.6. The average molecular weight is 290 g/mol. The number of ketones is 1. The van der Waals surface area contributed by atoms with Crippen LogP contribution >= 0.6 is 34.8 Å². The quantitative estimate of drug-likeness (QED) is 0.698. The molecule has 16 heavy (non-hydrogen) atoms. The van der Waals surface area contributed by atoms with E-state index < -0.39 is 20.6 Å². The Labute approximate surface area is 110 Å². The molecule has 3 nitrogen and oxygen atoms in total. The lowest BCUT2D eigenvalue weighted by molar-refractivity contribution is -0.237. The number of carbonyl (C=O) groups is 1. The largest absolute Gasteiger partial charge is 0.362 e. The van der Waals surface area contributed by atoms with Gasteiger partial charge in [-0.1, -0.05) is 55.6 Å². The Kier molecular flexibility index (Phi) is 3.38. The van der Waals surface area contributed by atoms with Gasteiger partial charge in [0.05, 0.1) is 6.42 Å². The van der Waals surface area contributed by atoms with Gasteiger partial charge >= 0.3 is 0 Å². The van der Waals surface area contributed by atoms with Gasteiger partial charge in [-0.3, -0.25) is 4.79 Å². The predicted octanol–water partition coefficient (Wildman–Crippen LogP) is 2.84. The van der Waals surface area contributed by atoms with Crippen molar-refractivity contribution < 1.29 is 14.6 Å². The number of alkyl halides is 3. The van der Waals surface area contributed by atoms with E-state index in [1.807, 2.05) is 20.8 Å². The van der Waals surface area contributed by atoms with E-state index in [-0.39, 0.29) is 12.2 Å². The lowest BCUT2D eigenvalue weighted by Crippen LogP contribution is -2.49. The average Bonchev–Trinajstić information content (AvgIpc) is 2.21. The molecule has 1 heterocycles. The van der Waals surface area contributed by atoms with Crippen LogP contribution in [-0.2, 0) is 9.53 Å². The third-order valence-electron chi connectivity index (χ3n) is 3.18. The van der Waals surface area contributed by atoms with Crippen molar-refractivity contribution in [1.82, 2.24) is 0 Å². The van der Waals surface area contributed by atoms with Crippen LogP contribution in [0.3, 0.4) is 0 Å². The van der Waals surface area contributed by atoms with Crippen LogP contribution < -0.4 is 0 Å². The Balaban J connectivity index is 3.13. The maximum atomic E-state index is 11.9. The summed E-state index contributed by atoms with van der Waals surface area (Å²) < 4.78 is 3.34. The molecule has 1 saturated heterocycles. The number of halogens is 3. The second-order valence-electron chi connectivity index (χ2n) is 5.27. The molecule has 1 N–H and O–H groups in total. The van der Waals surface area contributed by atoms with Gasteiger partial charge in [-0.2, -0.15) is 0 Å². The summed E-state index contributed by atoms with van der Waals surface area (Å²) in [6, 6.07) is 0. The summed E-state index contributed by atoms with van der Waals surface area (Å²) in [5, 5.41) is 10.1. The Bertz CT molecular complexity index is 318. The molecule has 1 aliphatic rings. The minimum atomic E-state index is -2.06. The first-order valence-electron chi connectivity index (χ1n) is 4.86. The van der Waals surface area contributed by atoms with Gasteiger partial charge in [-0.15, -0.1) is 0 Å². The molecule has 2 atom stereocenters. The first-order chi connectivity index (χ1) is 6.83. The highest BCUT2D eigenvalue weighted by Crippen LogP contribution is 2.52. The van der Waals surface area contributed by atoms with E-state index in [2.05, 4.69) is 0 Å². The predicted molar refractivity (Wildman–Crippen MR) is 63.8 cm³/mol. The van der Waals surface area contributed by atoms with E-state index >= 15 is 0 Å². The van der Waals surface area contributed by atoms with E-state index in [0.717, 1.165) is 0 Å². The van der Waals surface area contributed by atoms with Gasteiger partial charge in [0.25, 0.3) is 0 Å². The normalized spacial score (nSPS) is 36.9. The fourth-order valence-corrected chi connectivity index (χ4v) is 1.86. The lowest BCUT2D eigenvalue weighted by Gasteiger charge is -2.39. The molecule has 94 valence electrons. The lowest BCUT2D eigenvalue weighted by atomic mass is 9.75. The number of ether oxygens (including phenoxy) is 1. The van der Waals surface area contributed by atoms with Crippen LogP contribution in [0.5, 0.6) is 0 Å². The Morgan fingerprint density at radius 1 is 1.31 bits per heavy atom. The van der Waals surface area contributed by atoms with Crippen molar-refractivity contribution in [2.75, 3.05) is 0 Å². The minimum absolute atomic E-state index is 0.270. The van der Waals surface area contributed by atoms with Crippen molar-refractivity contribution in [3.63, 3.8) is 0 Å². The van der Waals surface area contributed by atoms with Crippen molar-refractivity contribution >= 4 is 40.6 Å². The van der Waals surface area contributed by atoms with Crippen molar-refractivity contribution in [2.24, 2.45) is 5.41 Å². The topological polar surface area (TPSA) is 46.5 Å². The van der Waals surface area contributed by atoms with Gasteiger partial charge in [-0.25, -0.2) is 0 Å². The van der Waals surface area contributed by atoms with Crippen LogP contribution in [0.1, 0.15) is 34.1 Å². The van der Waals surface area contributed by atoms with Crippen molar-refractivity contribution in [3.8, 4) is 0 Å². The molecule has 0 amide bonds. The Hall–Kier alpha value is 0.460. The zero-order valence-electron chi connectivity index (χ0n) is 9.60. The molecule has 0 saturated carbocycles. The standard InChI is InChI=1S/C10H15Cl3O3/c1-7(2,3)8(4)6(14)5-9(15,16-8)10(11,12)13/h15H,5H2,1-4H3/t8-,9+/m1/s1. The first-order valence-corrected chi connectivity index (χ1v) is 5.99. The monoisotopic (exact) mass is 288 g/mol. The maximum absolute atomic E-state index is 11.9. The first kappa shape index (κ1) is 14.5. The SMILES string of the molecule is CC(C)(C)[C@]1(C)O[C@](O)(C(Cl)(Cl)Cl)CC1=O. The zero-order chi connectivity index (χ0) is 13.0. The number of carbonyl (C=O) groups excluding carboxylic acids is 1. The van der Waals surface area contributed by atoms with E-state index in [0.29, 0.717) is 0 Å². The van der Waals surface area contributed by atoms with Crippen LogP contribution in [0, 0.1) is 5.41 Å². The van der Waals surface area contributed by atoms with Gasteiger partial charge in [0.2, 0.25) is 9.58 Å². The minimum Gasteiger partial charge on any atom is -0.362 e. The van der Waals surface area contributed by atoms with E-state index in [1.54, 1.807) is 6.92 Å². The third-order valence-corrected chi connectivity index (χ3v) is 4.07. The van der Waals surface area contributed by atoms with Crippen molar-refractivity contribution in [3.05, 3.63) is 0 Å². The second kappa shape index (κ2) is 3.72. The summed E-state index contributed by atoms with van der Waals surface area (Å²) in [7, 11) is 0. The number of hydrogen-bond donors (Lipinski definition) is 1. The van der Waals surface area contributed by atoms with Crippen LogP contribution in [0.4, 0.5) is 0 Å². The van der Waals surface area contributed by atoms with Crippen LogP contribution in [0.15, 0.2) is 0 Å². The molecule has 1 fully saturated rings. The fraction of sp³-hybridized carbons (Fsp3) is 0.900. The number of rotatable bonds is 0. The molecule has 6 heteroatoms. The van der Waals surface area contributed by atoms with E-state index in [4.69, 9.17) is 39.5 Å². The van der Waals surface area contributed by atoms with Gasteiger partial charge in [0.1, 0.15) is 5.60 Å². The molecule has 0 aliphatic carbocycles. The zero-order valence-corrected chi connectivity index (χ0v) is 11.9. The van der Waals surface area contributed by atoms with Crippen molar-refractivity contribution in [1.29, 1.82) is 0 Å². The molecular formula is C10H15Cl3O3. The summed E-state index contributed by atoms with van der Waals surface area (Å²) in [6.07, 6.45) is -0.322. The highest BCUT2D eigenvalue weighted by Gasteiger charge is 2.64. The van der Waals surface area contributed by atoms with Gasteiger partial charge < -0.3 is 9.84 Å². The maximum Gasteiger partial charge on any atom is 0.244 e. The summed E-state index contributed by atoms with van der Waals surface area (Å²) >= 11 is 16.9. The summed E-state index contributed by atoms with van der Waals surface area (Å²) in [5.41, 5.74) is -1.66. The summed E-state index contributed by atoms with van der Waals surface area (Å²) in [5.74, 6) is -2.33. The molecule has 0 aromatic rings. The Morgan fingerprint density at radius 2 is 1.75 bits per heavy atom. The van der Waals surface area contributed by atoms with Crippen LogP contribution in [-0.4, -0.2) is 26.1 Å². The van der Waals surface area contributed by atoms with Gasteiger partial charge in [0, 0.05) is 0 Å². The van der Waals surface area contributed by atoms with Crippen molar-refractivity contribution in [2.45, 2.75) is 49.3 Å². The van der Waals surface area contributed by atoms with Crippen LogP contribution in [0.25, 0.3) is 0 Å². The molecule has 1 rings (SSSR count). The Morgan fingerprint density at radius 3 is 1.94 bits per heavy atom. The molecule has 0 bridgehead atoms. The molecule has 0 aromatic carbocycles. The molecule has 0 aromatic heterocycles. The molecular weight excluding hydrogens is 274 g/mol. The molecule has 1 aliphatic heterocycles. The smallest absolute Gasteiger partial charge is 0.244 e. The molecule has 0 unspecified atom stereocenters. The van der Waals surface area contributed by atoms with Gasteiger partial charge in [0.15, 0.2) is 5.78 Å². The number of aliphatic hydroxyl groups is 1.